The summed E-state index contributed by atoms with van der Waals surface area (Å²) in [4.78, 5) is 12.4. The minimum atomic E-state index is -0.265. The number of ether oxygens (including phenoxy) is 2. The predicted molar refractivity (Wildman–Crippen MR) is 105 cm³/mol. The van der Waals surface area contributed by atoms with E-state index in [-0.39, 0.29) is 18.0 Å². The molecule has 27 heavy (non-hydrogen) atoms. The summed E-state index contributed by atoms with van der Waals surface area (Å²) in [6.45, 7) is 0.669. The molecule has 1 heterocycles. The number of rotatable bonds is 8. The van der Waals surface area contributed by atoms with Gasteiger partial charge in [-0.15, -0.1) is 0 Å². The Morgan fingerprint density at radius 2 is 1.93 bits per heavy atom. The van der Waals surface area contributed by atoms with E-state index in [0.717, 1.165) is 29.9 Å². The molecule has 2 aromatic rings. The van der Waals surface area contributed by atoms with Crippen LogP contribution in [-0.4, -0.2) is 32.7 Å². The van der Waals surface area contributed by atoms with Crippen molar-refractivity contribution in [2.24, 2.45) is 0 Å². The van der Waals surface area contributed by atoms with Gasteiger partial charge in [0.05, 0.1) is 20.3 Å². The van der Waals surface area contributed by atoms with Crippen molar-refractivity contribution in [2.45, 2.75) is 31.3 Å². The van der Waals surface area contributed by atoms with E-state index in [9.17, 15) is 4.79 Å². The first-order chi connectivity index (χ1) is 13.2. The number of amides is 1. The molecular weight excluding hydrogens is 342 g/mol. The molecule has 1 saturated heterocycles. The van der Waals surface area contributed by atoms with Crippen molar-refractivity contribution in [3.63, 3.8) is 0 Å². The number of carbonyl (C=O) groups is 1. The van der Waals surface area contributed by atoms with Crippen LogP contribution >= 0.6 is 0 Å². The molecule has 6 heteroatoms. The van der Waals surface area contributed by atoms with Crippen molar-refractivity contribution in [2.75, 3.05) is 20.8 Å². The molecule has 0 spiro atoms. The smallest absolute Gasteiger partial charge is 0.238 e. The molecule has 0 aliphatic carbocycles. The number of nitrogens with one attached hydrogen (secondary N) is 3. The van der Waals surface area contributed by atoms with E-state index in [1.54, 1.807) is 14.2 Å². The SMILES string of the molecule is COc1ccc(C2CC(C(=O)NCCCc3ccccc3)NN2)c(OC)c1. The molecule has 0 radical (unpaired) electrons. The number of hydrogen-bond acceptors (Lipinski definition) is 5. The fraction of sp³-hybridized carbons (Fsp3) is 0.381. The van der Waals surface area contributed by atoms with Crippen LogP contribution in [0.2, 0.25) is 0 Å². The summed E-state index contributed by atoms with van der Waals surface area (Å²) in [5, 5.41) is 3.02. The van der Waals surface area contributed by atoms with Crippen LogP contribution < -0.4 is 25.6 Å². The van der Waals surface area contributed by atoms with Gasteiger partial charge in [-0.2, -0.15) is 0 Å². The van der Waals surface area contributed by atoms with Crippen molar-refractivity contribution < 1.29 is 14.3 Å². The minimum Gasteiger partial charge on any atom is -0.497 e. The van der Waals surface area contributed by atoms with E-state index in [2.05, 4.69) is 28.3 Å². The zero-order chi connectivity index (χ0) is 19.1. The van der Waals surface area contributed by atoms with Gasteiger partial charge < -0.3 is 14.8 Å². The molecule has 2 atom stereocenters. The zero-order valence-electron chi connectivity index (χ0n) is 15.8. The molecular formula is C21H27N3O3. The molecule has 1 amide bonds. The average molecular weight is 369 g/mol. The topological polar surface area (TPSA) is 71.6 Å². The molecule has 3 rings (SSSR count). The standard InChI is InChI=1S/C21H27N3O3/c1-26-16-10-11-17(20(13-16)27-2)18-14-19(24-23-18)21(25)22-12-6-9-15-7-4-3-5-8-15/h3-5,7-8,10-11,13,18-19,23-24H,6,9,12,14H2,1-2H3,(H,22,25). The highest BCUT2D eigenvalue weighted by molar-refractivity contribution is 5.82. The normalized spacial score (nSPS) is 18.9. The van der Waals surface area contributed by atoms with E-state index < -0.39 is 0 Å². The summed E-state index contributed by atoms with van der Waals surface area (Å²) >= 11 is 0. The number of carbonyl (C=O) groups excluding carboxylic acids is 1. The van der Waals surface area contributed by atoms with Gasteiger partial charge in [-0.25, -0.2) is 10.9 Å². The highest BCUT2D eigenvalue weighted by atomic mass is 16.5. The third-order valence-corrected chi connectivity index (χ3v) is 4.82. The van der Waals surface area contributed by atoms with Crippen LogP contribution in [-0.2, 0) is 11.2 Å². The fourth-order valence-corrected chi connectivity index (χ4v) is 3.31. The Labute approximate surface area is 160 Å². The van der Waals surface area contributed by atoms with Crippen LogP contribution in [0.15, 0.2) is 48.5 Å². The molecule has 0 bridgehead atoms. The van der Waals surface area contributed by atoms with E-state index in [0.29, 0.717) is 13.0 Å². The Hall–Kier alpha value is -2.57. The maximum Gasteiger partial charge on any atom is 0.238 e. The second-order valence-electron chi connectivity index (χ2n) is 6.62. The van der Waals surface area contributed by atoms with E-state index in [4.69, 9.17) is 9.47 Å². The Morgan fingerprint density at radius 1 is 1.11 bits per heavy atom. The first kappa shape index (κ1) is 19.2. The molecule has 144 valence electrons. The second-order valence-corrected chi connectivity index (χ2v) is 6.62. The largest absolute Gasteiger partial charge is 0.497 e. The van der Waals surface area contributed by atoms with Gasteiger partial charge in [0.2, 0.25) is 5.91 Å². The molecule has 1 aliphatic rings. The van der Waals surface area contributed by atoms with E-state index >= 15 is 0 Å². The van der Waals surface area contributed by atoms with Crippen LogP contribution in [0.4, 0.5) is 0 Å². The first-order valence-electron chi connectivity index (χ1n) is 9.26. The first-order valence-corrected chi connectivity index (χ1v) is 9.26. The highest BCUT2D eigenvalue weighted by Crippen LogP contribution is 2.33. The number of methoxy groups -OCH3 is 2. The van der Waals surface area contributed by atoms with E-state index in [1.165, 1.54) is 5.56 Å². The Morgan fingerprint density at radius 3 is 2.67 bits per heavy atom. The third kappa shape index (κ3) is 4.99. The molecule has 2 unspecified atom stereocenters. The zero-order valence-corrected chi connectivity index (χ0v) is 15.8. The van der Waals surface area contributed by atoms with Gasteiger partial charge in [-0.3, -0.25) is 4.79 Å². The maximum absolute atomic E-state index is 12.4. The Bertz CT molecular complexity index is 752. The van der Waals surface area contributed by atoms with Crippen LogP contribution in [0.1, 0.15) is 30.0 Å². The van der Waals surface area contributed by atoms with Gasteiger partial charge in [0, 0.05) is 18.2 Å². The van der Waals surface area contributed by atoms with Gasteiger partial charge in [0.1, 0.15) is 17.5 Å². The predicted octanol–water partition coefficient (Wildman–Crippen LogP) is 2.36. The summed E-state index contributed by atoms with van der Waals surface area (Å²) in [7, 11) is 3.26. The lowest BCUT2D eigenvalue weighted by atomic mass is 10.0. The summed E-state index contributed by atoms with van der Waals surface area (Å²) in [6, 6.07) is 15.8. The van der Waals surface area contributed by atoms with Crippen LogP contribution in [0.25, 0.3) is 0 Å². The van der Waals surface area contributed by atoms with Crippen LogP contribution in [0, 0.1) is 0 Å². The summed E-state index contributed by atoms with van der Waals surface area (Å²) < 4.78 is 10.7. The lowest BCUT2D eigenvalue weighted by molar-refractivity contribution is -0.122. The maximum atomic E-state index is 12.4. The lowest BCUT2D eigenvalue weighted by Crippen LogP contribution is -2.43. The van der Waals surface area contributed by atoms with Crippen molar-refractivity contribution in [3.05, 3.63) is 59.7 Å². The molecule has 1 fully saturated rings. The van der Waals surface area contributed by atoms with Crippen molar-refractivity contribution in [3.8, 4) is 11.5 Å². The number of aryl methyl sites for hydroxylation is 1. The Kier molecular flexibility index (Phi) is 6.68. The molecule has 6 nitrogen and oxygen atoms in total. The Balaban J connectivity index is 1.48. The minimum absolute atomic E-state index is 0.00549. The number of hydrogen-bond donors (Lipinski definition) is 3. The fourth-order valence-electron chi connectivity index (χ4n) is 3.31. The van der Waals surface area contributed by atoms with Gasteiger partial charge in [-0.05, 0) is 30.9 Å². The summed E-state index contributed by atoms with van der Waals surface area (Å²) in [5.41, 5.74) is 8.59. The van der Waals surface area contributed by atoms with Gasteiger partial charge >= 0.3 is 0 Å². The second kappa shape index (κ2) is 9.39. The van der Waals surface area contributed by atoms with Crippen molar-refractivity contribution in [1.82, 2.24) is 16.2 Å². The molecule has 3 N–H and O–H groups in total. The third-order valence-electron chi connectivity index (χ3n) is 4.82. The van der Waals surface area contributed by atoms with E-state index in [1.807, 2.05) is 36.4 Å². The summed E-state index contributed by atoms with van der Waals surface area (Å²) in [5.74, 6) is 1.51. The van der Waals surface area contributed by atoms with Crippen molar-refractivity contribution in [1.29, 1.82) is 0 Å². The quantitative estimate of drug-likeness (QED) is 0.623. The van der Waals surface area contributed by atoms with Crippen LogP contribution in [0.5, 0.6) is 11.5 Å². The van der Waals surface area contributed by atoms with Crippen molar-refractivity contribution >= 4 is 5.91 Å². The average Bonchev–Trinajstić information content (AvgIpc) is 3.21. The molecule has 0 aromatic heterocycles. The number of benzene rings is 2. The van der Waals surface area contributed by atoms with Gasteiger partial charge in [0.15, 0.2) is 0 Å². The monoisotopic (exact) mass is 369 g/mol. The molecule has 2 aromatic carbocycles. The number of hydrazine groups is 1. The molecule has 1 aliphatic heterocycles. The van der Waals surface area contributed by atoms with Crippen LogP contribution in [0.3, 0.4) is 0 Å². The summed E-state index contributed by atoms with van der Waals surface area (Å²) in [6.07, 6.45) is 2.54. The lowest BCUT2D eigenvalue weighted by Gasteiger charge is -2.15. The van der Waals surface area contributed by atoms with Gasteiger partial charge in [-0.1, -0.05) is 36.4 Å². The molecule has 0 saturated carbocycles. The van der Waals surface area contributed by atoms with Gasteiger partial charge in [0.25, 0.3) is 0 Å². The highest BCUT2D eigenvalue weighted by Gasteiger charge is 2.31.